The first-order valence-corrected chi connectivity index (χ1v) is 6.93. The molecule has 0 fully saturated rings. The monoisotopic (exact) mass is 269 g/mol. The number of nitrogens with zero attached hydrogens (tertiary/aromatic N) is 1. The number of aliphatic hydroxyl groups excluding tert-OH is 1. The Morgan fingerprint density at radius 2 is 1.85 bits per heavy atom. The Hall–Kier alpha value is -2.00. The maximum absolute atomic E-state index is 9.20. The van der Waals surface area contributed by atoms with E-state index in [9.17, 15) is 5.11 Å². The second-order valence-corrected chi connectivity index (χ2v) is 5.22. The van der Waals surface area contributed by atoms with E-state index in [1.807, 2.05) is 18.2 Å². The van der Waals surface area contributed by atoms with Crippen molar-refractivity contribution < 1.29 is 9.84 Å². The molecule has 0 bridgehead atoms. The zero-order chi connectivity index (χ0) is 13.9. The number of hydrogen-bond donors (Lipinski definition) is 1. The molecule has 20 heavy (non-hydrogen) atoms. The summed E-state index contributed by atoms with van der Waals surface area (Å²) >= 11 is 0. The molecule has 2 aromatic carbocycles. The average molecular weight is 269 g/mol. The maximum atomic E-state index is 9.20. The van der Waals surface area contributed by atoms with E-state index in [1.165, 1.54) is 11.1 Å². The summed E-state index contributed by atoms with van der Waals surface area (Å²) in [5.41, 5.74) is 4.58. The highest BCUT2D eigenvalue weighted by atomic mass is 16.5. The summed E-state index contributed by atoms with van der Waals surface area (Å²) in [6, 6.07) is 14.6. The summed E-state index contributed by atoms with van der Waals surface area (Å²) in [6.45, 7) is 4.61. The number of ether oxygens (including phenoxy) is 1. The molecule has 0 amide bonds. The van der Waals surface area contributed by atoms with E-state index in [1.54, 1.807) is 0 Å². The molecule has 104 valence electrons. The summed E-state index contributed by atoms with van der Waals surface area (Å²) in [4.78, 5) is 2.32. The fourth-order valence-corrected chi connectivity index (χ4v) is 2.50. The van der Waals surface area contributed by atoms with Gasteiger partial charge < -0.3 is 14.7 Å². The number of aliphatic hydroxyl groups is 1. The van der Waals surface area contributed by atoms with E-state index in [4.69, 9.17) is 4.74 Å². The van der Waals surface area contributed by atoms with Crippen LogP contribution in [0, 0.1) is 6.92 Å². The number of hydrogen-bond acceptors (Lipinski definition) is 3. The van der Waals surface area contributed by atoms with Crippen LogP contribution in [0.1, 0.15) is 16.7 Å². The fraction of sp³-hybridized carbons (Fsp3) is 0.294. The number of fused-ring (bicyclic) bond motifs is 1. The van der Waals surface area contributed by atoms with Gasteiger partial charge in [-0.2, -0.15) is 0 Å². The van der Waals surface area contributed by atoms with E-state index < -0.39 is 0 Å². The molecule has 3 heteroatoms. The van der Waals surface area contributed by atoms with Crippen molar-refractivity contribution in [3.63, 3.8) is 0 Å². The van der Waals surface area contributed by atoms with Crippen LogP contribution in [0.2, 0.25) is 0 Å². The normalized spacial score (nSPS) is 13.8. The van der Waals surface area contributed by atoms with Crippen LogP contribution < -0.4 is 9.64 Å². The van der Waals surface area contributed by atoms with Crippen LogP contribution in [0.15, 0.2) is 42.5 Å². The van der Waals surface area contributed by atoms with Gasteiger partial charge in [0.05, 0.1) is 18.8 Å². The van der Waals surface area contributed by atoms with Gasteiger partial charge in [0.1, 0.15) is 12.4 Å². The van der Waals surface area contributed by atoms with Gasteiger partial charge >= 0.3 is 0 Å². The van der Waals surface area contributed by atoms with E-state index in [-0.39, 0.29) is 6.61 Å². The first-order chi connectivity index (χ1) is 9.76. The predicted octanol–water partition coefficient (Wildman–Crippen LogP) is 2.89. The Labute approximate surface area is 119 Å². The molecule has 0 aromatic heterocycles. The lowest BCUT2D eigenvalue weighted by Gasteiger charge is -2.31. The number of rotatable bonds is 3. The summed E-state index contributed by atoms with van der Waals surface area (Å²) in [5.74, 6) is 0.870. The zero-order valence-electron chi connectivity index (χ0n) is 11.7. The minimum Gasteiger partial charge on any atom is -0.490 e. The number of benzene rings is 2. The lowest BCUT2D eigenvalue weighted by Crippen LogP contribution is -2.32. The predicted molar refractivity (Wildman–Crippen MR) is 80.1 cm³/mol. The topological polar surface area (TPSA) is 32.7 Å². The zero-order valence-corrected chi connectivity index (χ0v) is 11.7. The van der Waals surface area contributed by atoms with E-state index in [0.717, 1.165) is 30.1 Å². The molecule has 1 aliphatic rings. The Bertz CT molecular complexity index is 592. The third-order valence-corrected chi connectivity index (χ3v) is 3.66. The minimum atomic E-state index is 0.0502. The molecule has 1 aliphatic heterocycles. The second kappa shape index (κ2) is 5.55. The Balaban J connectivity index is 1.84. The van der Waals surface area contributed by atoms with Crippen molar-refractivity contribution in [2.45, 2.75) is 20.1 Å². The number of aryl methyl sites for hydroxylation is 1. The SMILES string of the molecule is Cc1ccc(CN2CCOc3cc(CO)ccc32)cc1. The smallest absolute Gasteiger partial charge is 0.143 e. The van der Waals surface area contributed by atoms with Crippen molar-refractivity contribution in [3.05, 3.63) is 59.2 Å². The molecule has 0 spiro atoms. The van der Waals surface area contributed by atoms with E-state index >= 15 is 0 Å². The van der Waals surface area contributed by atoms with Gasteiger partial charge in [0.15, 0.2) is 0 Å². The van der Waals surface area contributed by atoms with Gasteiger partial charge in [0.2, 0.25) is 0 Å². The highest BCUT2D eigenvalue weighted by molar-refractivity contribution is 5.61. The number of anilines is 1. The largest absolute Gasteiger partial charge is 0.490 e. The summed E-state index contributed by atoms with van der Waals surface area (Å²) < 4.78 is 5.70. The molecule has 0 unspecified atom stereocenters. The fourth-order valence-electron chi connectivity index (χ4n) is 2.50. The molecule has 0 atom stereocenters. The van der Waals surface area contributed by atoms with Gasteiger partial charge in [-0.05, 0) is 30.2 Å². The third-order valence-electron chi connectivity index (χ3n) is 3.66. The molecule has 0 saturated heterocycles. The van der Waals surface area contributed by atoms with Crippen molar-refractivity contribution in [3.8, 4) is 5.75 Å². The molecule has 1 N–H and O–H groups in total. The standard InChI is InChI=1S/C17H19NO2/c1-13-2-4-14(5-3-13)11-18-8-9-20-17-10-15(12-19)6-7-16(17)18/h2-7,10,19H,8-9,11-12H2,1H3. The summed E-state index contributed by atoms with van der Waals surface area (Å²) in [6.07, 6.45) is 0. The molecule has 3 nitrogen and oxygen atoms in total. The molecule has 2 aromatic rings. The molecular weight excluding hydrogens is 250 g/mol. The summed E-state index contributed by atoms with van der Waals surface area (Å²) in [5, 5.41) is 9.20. The third kappa shape index (κ3) is 2.63. The Morgan fingerprint density at radius 1 is 1.10 bits per heavy atom. The molecular formula is C17H19NO2. The second-order valence-electron chi connectivity index (χ2n) is 5.22. The lowest BCUT2D eigenvalue weighted by molar-refractivity contribution is 0.278. The minimum absolute atomic E-state index is 0.0502. The van der Waals surface area contributed by atoms with Gasteiger partial charge in [-0.3, -0.25) is 0 Å². The van der Waals surface area contributed by atoms with Gasteiger partial charge in [-0.1, -0.05) is 35.9 Å². The van der Waals surface area contributed by atoms with Gasteiger partial charge in [0.25, 0.3) is 0 Å². The van der Waals surface area contributed by atoms with E-state index in [2.05, 4.69) is 36.1 Å². The molecule has 0 saturated carbocycles. The Kier molecular flexibility index (Phi) is 3.61. The van der Waals surface area contributed by atoms with Crippen molar-refractivity contribution in [2.24, 2.45) is 0 Å². The summed E-state index contributed by atoms with van der Waals surface area (Å²) in [7, 11) is 0. The Morgan fingerprint density at radius 3 is 2.60 bits per heavy atom. The van der Waals surface area contributed by atoms with E-state index in [0.29, 0.717) is 6.61 Å². The molecule has 0 radical (unpaired) electrons. The van der Waals surface area contributed by atoms with Gasteiger partial charge in [0, 0.05) is 6.54 Å². The maximum Gasteiger partial charge on any atom is 0.143 e. The quantitative estimate of drug-likeness (QED) is 0.930. The van der Waals surface area contributed by atoms with Crippen LogP contribution in [0.25, 0.3) is 0 Å². The van der Waals surface area contributed by atoms with Crippen LogP contribution in [0.4, 0.5) is 5.69 Å². The van der Waals surface area contributed by atoms with Crippen LogP contribution in [-0.4, -0.2) is 18.3 Å². The van der Waals surface area contributed by atoms with Gasteiger partial charge in [-0.15, -0.1) is 0 Å². The van der Waals surface area contributed by atoms with Crippen LogP contribution >= 0.6 is 0 Å². The lowest BCUT2D eigenvalue weighted by atomic mass is 10.1. The molecule has 1 heterocycles. The molecule has 0 aliphatic carbocycles. The average Bonchev–Trinajstić information content (AvgIpc) is 2.49. The van der Waals surface area contributed by atoms with Crippen molar-refractivity contribution in [1.82, 2.24) is 0 Å². The van der Waals surface area contributed by atoms with Crippen LogP contribution in [0.3, 0.4) is 0 Å². The van der Waals surface area contributed by atoms with Crippen molar-refractivity contribution >= 4 is 5.69 Å². The van der Waals surface area contributed by atoms with Crippen molar-refractivity contribution in [2.75, 3.05) is 18.1 Å². The van der Waals surface area contributed by atoms with Crippen LogP contribution in [-0.2, 0) is 13.2 Å². The first kappa shape index (κ1) is 13.0. The van der Waals surface area contributed by atoms with Crippen molar-refractivity contribution in [1.29, 1.82) is 0 Å². The highest BCUT2D eigenvalue weighted by Crippen LogP contribution is 2.33. The van der Waals surface area contributed by atoms with Gasteiger partial charge in [-0.25, -0.2) is 0 Å². The van der Waals surface area contributed by atoms with Crippen LogP contribution in [0.5, 0.6) is 5.75 Å². The highest BCUT2D eigenvalue weighted by Gasteiger charge is 2.18. The first-order valence-electron chi connectivity index (χ1n) is 6.93. The molecule has 3 rings (SSSR count).